The lowest BCUT2D eigenvalue weighted by Gasteiger charge is -2.22. The Labute approximate surface area is 133 Å². The molecule has 1 aliphatic rings. The number of nitrogens with zero attached hydrogens (tertiary/aromatic N) is 3. The van der Waals surface area contributed by atoms with E-state index in [0.717, 1.165) is 49.9 Å². The Balaban J connectivity index is 1.89. The second-order valence-corrected chi connectivity index (χ2v) is 6.07. The molecule has 0 saturated carbocycles. The van der Waals surface area contributed by atoms with Crippen LogP contribution in [0.4, 0.5) is 0 Å². The van der Waals surface area contributed by atoms with Crippen molar-refractivity contribution >= 4 is 21.8 Å². The van der Waals surface area contributed by atoms with Crippen molar-refractivity contribution in [3.05, 3.63) is 53.7 Å². The average Bonchev–Trinajstić information content (AvgIpc) is 2.95. The van der Waals surface area contributed by atoms with Gasteiger partial charge in [0, 0.05) is 28.9 Å². The number of aromatic nitrogens is 3. The van der Waals surface area contributed by atoms with Gasteiger partial charge in [0.2, 0.25) is 0 Å². The molecule has 2 aromatic carbocycles. The van der Waals surface area contributed by atoms with Gasteiger partial charge in [-0.15, -0.1) is 0 Å². The van der Waals surface area contributed by atoms with E-state index in [0.29, 0.717) is 6.61 Å². The molecule has 4 aromatic rings. The fourth-order valence-electron chi connectivity index (χ4n) is 3.43. The SMILES string of the molecule is Cc1cccc2c1OCc1cc3ccc4c(cnn4C)c3nc1-2. The second-order valence-electron chi connectivity index (χ2n) is 6.07. The number of benzene rings is 2. The van der Waals surface area contributed by atoms with Crippen molar-refractivity contribution in [3.8, 4) is 17.0 Å². The summed E-state index contributed by atoms with van der Waals surface area (Å²) in [6, 6.07) is 12.6. The van der Waals surface area contributed by atoms with Crippen LogP contribution < -0.4 is 4.74 Å². The highest BCUT2D eigenvalue weighted by atomic mass is 16.5. The maximum Gasteiger partial charge on any atom is 0.132 e. The largest absolute Gasteiger partial charge is 0.488 e. The van der Waals surface area contributed by atoms with Crippen molar-refractivity contribution in [1.29, 1.82) is 0 Å². The highest BCUT2D eigenvalue weighted by Crippen LogP contribution is 2.40. The molecule has 112 valence electrons. The minimum atomic E-state index is 0.571. The maximum absolute atomic E-state index is 5.96. The van der Waals surface area contributed by atoms with Gasteiger partial charge in [0.05, 0.1) is 22.9 Å². The highest BCUT2D eigenvalue weighted by Gasteiger charge is 2.21. The third-order valence-corrected chi connectivity index (χ3v) is 4.63. The number of aryl methyl sites for hydroxylation is 2. The van der Waals surface area contributed by atoms with Gasteiger partial charge in [-0.05, 0) is 30.7 Å². The lowest BCUT2D eigenvalue weighted by atomic mass is 9.98. The number of para-hydroxylation sites is 1. The molecule has 0 atom stereocenters. The Morgan fingerprint density at radius 1 is 1.17 bits per heavy atom. The van der Waals surface area contributed by atoms with E-state index in [-0.39, 0.29) is 0 Å². The van der Waals surface area contributed by atoms with Gasteiger partial charge >= 0.3 is 0 Å². The summed E-state index contributed by atoms with van der Waals surface area (Å²) in [6.45, 7) is 2.64. The van der Waals surface area contributed by atoms with Crippen LogP contribution in [0.1, 0.15) is 11.1 Å². The first-order chi connectivity index (χ1) is 11.2. The van der Waals surface area contributed by atoms with Crippen LogP contribution in [0, 0.1) is 6.92 Å². The Bertz CT molecular complexity index is 1090. The first kappa shape index (κ1) is 12.6. The van der Waals surface area contributed by atoms with E-state index in [4.69, 9.17) is 9.72 Å². The fourth-order valence-corrected chi connectivity index (χ4v) is 3.43. The fraction of sp³-hybridized carbons (Fsp3) is 0.158. The van der Waals surface area contributed by atoms with E-state index in [1.165, 1.54) is 0 Å². The average molecular weight is 301 g/mol. The molecule has 4 heteroatoms. The maximum atomic E-state index is 5.96. The van der Waals surface area contributed by atoms with Crippen LogP contribution in [0.5, 0.6) is 5.75 Å². The molecular weight excluding hydrogens is 286 g/mol. The predicted molar refractivity (Wildman–Crippen MR) is 90.5 cm³/mol. The summed E-state index contributed by atoms with van der Waals surface area (Å²) < 4.78 is 7.85. The van der Waals surface area contributed by atoms with Crippen LogP contribution in [-0.2, 0) is 13.7 Å². The lowest BCUT2D eigenvalue weighted by Crippen LogP contribution is -2.08. The molecule has 0 bridgehead atoms. The van der Waals surface area contributed by atoms with Crippen molar-refractivity contribution in [2.24, 2.45) is 7.05 Å². The van der Waals surface area contributed by atoms with Gasteiger partial charge in [-0.3, -0.25) is 4.68 Å². The Kier molecular flexibility index (Phi) is 2.37. The highest BCUT2D eigenvalue weighted by molar-refractivity contribution is 6.05. The normalized spacial score (nSPS) is 13.0. The Morgan fingerprint density at radius 2 is 2.09 bits per heavy atom. The molecule has 0 unspecified atom stereocenters. The molecule has 0 radical (unpaired) electrons. The number of ether oxygens (including phenoxy) is 1. The van der Waals surface area contributed by atoms with E-state index in [1.807, 2.05) is 17.9 Å². The van der Waals surface area contributed by atoms with Gasteiger partial charge in [0.1, 0.15) is 12.4 Å². The molecule has 0 N–H and O–H groups in total. The van der Waals surface area contributed by atoms with Gasteiger partial charge in [0.25, 0.3) is 0 Å². The third-order valence-electron chi connectivity index (χ3n) is 4.63. The van der Waals surface area contributed by atoms with E-state index in [1.54, 1.807) is 0 Å². The molecule has 0 amide bonds. The van der Waals surface area contributed by atoms with Crippen LogP contribution >= 0.6 is 0 Å². The standard InChI is InChI=1S/C19H15N3O/c1-11-4-3-5-14-18-13(10-23-19(11)14)8-12-6-7-16-15(17(12)21-18)9-20-22(16)2/h3-9H,10H2,1-2H3. The Morgan fingerprint density at radius 3 is 3.00 bits per heavy atom. The molecule has 2 aromatic heterocycles. The van der Waals surface area contributed by atoms with Gasteiger partial charge in [-0.1, -0.05) is 18.2 Å². The summed E-state index contributed by atoms with van der Waals surface area (Å²) in [5.41, 5.74) is 6.49. The number of fused-ring (bicyclic) bond motifs is 6. The molecular formula is C19H15N3O. The summed E-state index contributed by atoms with van der Waals surface area (Å²) >= 11 is 0. The molecule has 5 rings (SSSR count). The van der Waals surface area contributed by atoms with Crippen LogP contribution in [0.15, 0.2) is 42.6 Å². The van der Waals surface area contributed by atoms with Crippen LogP contribution in [0.25, 0.3) is 33.1 Å². The van der Waals surface area contributed by atoms with Crippen molar-refractivity contribution in [1.82, 2.24) is 14.8 Å². The first-order valence-corrected chi connectivity index (χ1v) is 7.69. The zero-order chi connectivity index (χ0) is 15.6. The monoisotopic (exact) mass is 301 g/mol. The van der Waals surface area contributed by atoms with E-state index in [9.17, 15) is 0 Å². The summed E-state index contributed by atoms with van der Waals surface area (Å²) in [4.78, 5) is 5.01. The zero-order valence-electron chi connectivity index (χ0n) is 13.0. The quantitative estimate of drug-likeness (QED) is 0.493. The summed E-state index contributed by atoms with van der Waals surface area (Å²) in [5, 5.41) is 6.59. The number of hydrogen-bond donors (Lipinski definition) is 0. The second kappa shape index (κ2) is 4.32. The minimum absolute atomic E-state index is 0.571. The lowest BCUT2D eigenvalue weighted by molar-refractivity contribution is 0.299. The number of hydrogen-bond acceptors (Lipinski definition) is 3. The first-order valence-electron chi connectivity index (χ1n) is 7.69. The smallest absolute Gasteiger partial charge is 0.132 e. The predicted octanol–water partition coefficient (Wildman–Crippen LogP) is 3.99. The Hall–Kier alpha value is -2.88. The topological polar surface area (TPSA) is 39.9 Å². The number of pyridine rings is 1. The van der Waals surface area contributed by atoms with E-state index >= 15 is 0 Å². The van der Waals surface area contributed by atoms with Gasteiger partial charge in [-0.2, -0.15) is 5.10 Å². The van der Waals surface area contributed by atoms with E-state index < -0.39 is 0 Å². The zero-order valence-corrected chi connectivity index (χ0v) is 13.0. The number of rotatable bonds is 0. The van der Waals surface area contributed by atoms with Crippen LogP contribution in [0.3, 0.4) is 0 Å². The molecule has 23 heavy (non-hydrogen) atoms. The van der Waals surface area contributed by atoms with Crippen molar-refractivity contribution < 1.29 is 4.74 Å². The molecule has 0 saturated heterocycles. The third kappa shape index (κ3) is 1.66. The summed E-state index contributed by atoms with van der Waals surface area (Å²) in [5.74, 6) is 0.949. The minimum Gasteiger partial charge on any atom is -0.488 e. The van der Waals surface area contributed by atoms with Gasteiger partial charge in [0.15, 0.2) is 0 Å². The van der Waals surface area contributed by atoms with Gasteiger partial charge in [-0.25, -0.2) is 4.98 Å². The van der Waals surface area contributed by atoms with Crippen LogP contribution in [0.2, 0.25) is 0 Å². The molecule has 0 fully saturated rings. The summed E-state index contributed by atoms with van der Waals surface area (Å²) in [7, 11) is 1.96. The van der Waals surface area contributed by atoms with Crippen molar-refractivity contribution in [3.63, 3.8) is 0 Å². The van der Waals surface area contributed by atoms with Crippen molar-refractivity contribution in [2.45, 2.75) is 13.5 Å². The molecule has 3 heterocycles. The summed E-state index contributed by atoms with van der Waals surface area (Å²) in [6.07, 6.45) is 1.90. The molecule has 1 aliphatic heterocycles. The van der Waals surface area contributed by atoms with E-state index in [2.05, 4.69) is 48.4 Å². The molecule has 0 spiro atoms. The molecule has 0 aliphatic carbocycles. The van der Waals surface area contributed by atoms with Gasteiger partial charge < -0.3 is 4.74 Å². The van der Waals surface area contributed by atoms with Crippen molar-refractivity contribution in [2.75, 3.05) is 0 Å². The van der Waals surface area contributed by atoms with Crippen LogP contribution in [-0.4, -0.2) is 14.8 Å². The molecule has 4 nitrogen and oxygen atoms in total.